The first-order valence-electron chi connectivity index (χ1n) is 6.25. The summed E-state index contributed by atoms with van der Waals surface area (Å²) in [5.41, 5.74) is 3.08. The molecule has 4 nitrogen and oxygen atoms in total. The van der Waals surface area contributed by atoms with E-state index in [4.69, 9.17) is 4.74 Å². The molecule has 0 bridgehead atoms. The number of hydrogen-bond donors (Lipinski definition) is 0. The lowest BCUT2D eigenvalue weighted by Crippen LogP contribution is -2.12. The van der Waals surface area contributed by atoms with E-state index in [-0.39, 0.29) is 6.10 Å². The van der Waals surface area contributed by atoms with Crippen LogP contribution in [0.3, 0.4) is 0 Å². The summed E-state index contributed by atoms with van der Waals surface area (Å²) in [5, 5.41) is 0. The largest absolute Gasteiger partial charge is 0.377 e. The molecule has 1 aromatic heterocycles. The van der Waals surface area contributed by atoms with Gasteiger partial charge >= 0.3 is 0 Å². The van der Waals surface area contributed by atoms with Gasteiger partial charge in [0.05, 0.1) is 6.10 Å². The van der Waals surface area contributed by atoms with Crippen LogP contribution in [0.15, 0.2) is 36.7 Å². The maximum absolute atomic E-state index is 5.36. The van der Waals surface area contributed by atoms with Crippen LogP contribution in [0, 0.1) is 0 Å². The number of hydrogen-bond acceptors (Lipinski definition) is 4. The zero-order valence-corrected chi connectivity index (χ0v) is 11.8. The van der Waals surface area contributed by atoms with Gasteiger partial charge in [-0.2, -0.15) is 0 Å². The fourth-order valence-corrected chi connectivity index (χ4v) is 1.94. The van der Waals surface area contributed by atoms with Crippen molar-refractivity contribution in [2.75, 3.05) is 26.1 Å². The van der Waals surface area contributed by atoms with E-state index < -0.39 is 0 Å². The van der Waals surface area contributed by atoms with E-state index in [0.717, 1.165) is 22.6 Å². The molecule has 0 radical (unpaired) electrons. The summed E-state index contributed by atoms with van der Waals surface area (Å²) >= 11 is 0. The molecule has 19 heavy (non-hydrogen) atoms. The highest BCUT2D eigenvalue weighted by molar-refractivity contribution is 5.72. The Bertz CT molecular complexity index is 555. The zero-order valence-electron chi connectivity index (χ0n) is 11.8. The third kappa shape index (κ3) is 2.90. The summed E-state index contributed by atoms with van der Waals surface area (Å²) in [5.74, 6) is 0.865. The van der Waals surface area contributed by atoms with Crippen LogP contribution in [0.4, 0.5) is 5.82 Å². The van der Waals surface area contributed by atoms with Crippen molar-refractivity contribution in [3.63, 3.8) is 0 Å². The van der Waals surface area contributed by atoms with Gasteiger partial charge in [-0.05, 0) is 18.6 Å². The predicted molar refractivity (Wildman–Crippen MR) is 77.2 cm³/mol. The van der Waals surface area contributed by atoms with Crippen LogP contribution in [-0.4, -0.2) is 31.2 Å². The fourth-order valence-electron chi connectivity index (χ4n) is 1.94. The van der Waals surface area contributed by atoms with Gasteiger partial charge in [-0.25, -0.2) is 4.98 Å². The molecule has 0 aliphatic heterocycles. The third-order valence-electron chi connectivity index (χ3n) is 3.09. The minimum atomic E-state index is 0.0689. The first-order valence-corrected chi connectivity index (χ1v) is 6.25. The lowest BCUT2D eigenvalue weighted by molar-refractivity contribution is 0.119. The predicted octanol–water partition coefficient (Wildman–Crippen LogP) is 2.92. The van der Waals surface area contributed by atoms with Crippen molar-refractivity contribution in [2.24, 2.45) is 0 Å². The average Bonchev–Trinajstić information content (AvgIpc) is 2.46. The van der Waals surface area contributed by atoms with Gasteiger partial charge < -0.3 is 9.64 Å². The summed E-state index contributed by atoms with van der Waals surface area (Å²) in [6.07, 6.45) is 3.49. The van der Waals surface area contributed by atoms with E-state index in [1.165, 1.54) is 0 Å². The topological polar surface area (TPSA) is 38.3 Å². The molecule has 100 valence electrons. The van der Waals surface area contributed by atoms with Crippen LogP contribution >= 0.6 is 0 Å². The molecule has 4 heteroatoms. The van der Waals surface area contributed by atoms with Crippen molar-refractivity contribution in [3.05, 3.63) is 42.2 Å². The Kier molecular flexibility index (Phi) is 4.12. The summed E-state index contributed by atoms with van der Waals surface area (Å²) in [7, 11) is 5.65. The second-order valence-electron chi connectivity index (χ2n) is 4.63. The second-order valence-corrected chi connectivity index (χ2v) is 4.63. The number of methoxy groups -OCH3 is 1. The first kappa shape index (κ1) is 13.5. The Labute approximate surface area is 114 Å². The molecule has 1 heterocycles. The minimum absolute atomic E-state index is 0.0689. The number of nitrogens with zero attached hydrogens (tertiary/aromatic N) is 3. The van der Waals surface area contributed by atoms with Gasteiger partial charge in [-0.15, -0.1) is 0 Å². The maximum atomic E-state index is 5.36. The standard InChI is InChI=1S/C15H19N3O/c1-11(19-4)12-6-5-7-13(10-12)14-15(18(2)3)17-9-8-16-14/h5-11H,1-4H3/t11-/m0/s1. The summed E-state index contributed by atoms with van der Waals surface area (Å²) < 4.78 is 5.36. The van der Waals surface area contributed by atoms with Crippen molar-refractivity contribution in [2.45, 2.75) is 13.0 Å². The highest BCUT2D eigenvalue weighted by Crippen LogP contribution is 2.28. The molecule has 0 N–H and O–H groups in total. The van der Waals surface area contributed by atoms with Gasteiger partial charge in [0.2, 0.25) is 0 Å². The molecule has 1 aromatic carbocycles. The Morgan fingerprint density at radius 3 is 2.58 bits per heavy atom. The van der Waals surface area contributed by atoms with Crippen molar-refractivity contribution in [1.29, 1.82) is 0 Å². The molecule has 0 spiro atoms. The summed E-state index contributed by atoms with van der Waals surface area (Å²) in [4.78, 5) is 10.8. The van der Waals surface area contributed by atoms with Crippen molar-refractivity contribution < 1.29 is 4.74 Å². The summed E-state index contributed by atoms with van der Waals surface area (Å²) in [6.45, 7) is 2.03. The monoisotopic (exact) mass is 257 g/mol. The normalized spacial score (nSPS) is 12.2. The van der Waals surface area contributed by atoms with Gasteiger partial charge in [0.25, 0.3) is 0 Å². The smallest absolute Gasteiger partial charge is 0.154 e. The molecule has 0 fully saturated rings. The quantitative estimate of drug-likeness (QED) is 0.844. The molecule has 0 aliphatic rings. The number of anilines is 1. The van der Waals surface area contributed by atoms with Crippen molar-refractivity contribution in [3.8, 4) is 11.3 Å². The van der Waals surface area contributed by atoms with E-state index in [1.807, 2.05) is 38.1 Å². The molecule has 0 aliphatic carbocycles. The van der Waals surface area contributed by atoms with Crippen LogP contribution in [0.1, 0.15) is 18.6 Å². The number of rotatable bonds is 4. The fraction of sp³-hybridized carbons (Fsp3) is 0.333. The van der Waals surface area contributed by atoms with Crippen LogP contribution in [0.25, 0.3) is 11.3 Å². The lowest BCUT2D eigenvalue weighted by Gasteiger charge is -2.16. The van der Waals surface area contributed by atoms with Gasteiger partial charge in [-0.3, -0.25) is 4.98 Å². The average molecular weight is 257 g/mol. The first-order chi connectivity index (χ1) is 9.13. The van der Waals surface area contributed by atoms with E-state index in [2.05, 4.69) is 22.1 Å². The van der Waals surface area contributed by atoms with E-state index in [9.17, 15) is 0 Å². The van der Waals surface area contributed by atoms with Crippen molar-refractivity contribution in [1.82, 2.24) is 9.97 Å². The number of benzene rings is 1. The highest BCUT2D eigenvalue weighted by atomic mass is 16.5. The lowest BCUT2D eigenvalue weighted by atomic mass is 10.0. The molecule has 1 atom stereocenters. The molecule has 2 rings (SSSR count). The van der Waals surface area contributed by atoms with Crippen LogP contribution in [-0.2, 0) is 4.74 Å². The SMILES string of the molecule is CO[C@@H](C)c1cccc(-c2nccnc2N(C)C)c1. The highest BCUT2D eigenvalue weighted by Gasteiger charge is 2.11. The van der Waals surface area contributed by atoms with Crippen LogP contribution < -0.4 is 4.90 Å². The van der Waals surface area contributed by atoms with Crippen LogP contribution in [0.2, 0.25) is 0 Å². The molecule has 0 unspecified atom stereocenters. The molecule has 0 saturated carbocycles. The van der Waals surface area contributed by atoms with E-state index in [1.54, 1.807) is 19.5 Å². The number of aromatic nitrogens is 2. The van der Waals surface area contributed by atoms with E-state index >= 15 is 0 Å². The summed E-state index contributed by atoms with van der Waals surface area (Å²) in [6, 6.07) is 8.23. The Morgan fingerprint density at radius 2 is 1.89 bits per heavy atom. The molecule has 2 aromatic rings. The number of ether oxygens (including phenoxy) is 1. The molecular weight excluding hydrogens is 238 g/mol. The van der Waals surface area contributed by atoms with Gasteiger partial charge in [0.15, 0.2) is 5.82 Å². The molecule has 0 amide bonds. The van der Waals surface area contributed by atoms with Crippen molar-refractivity contribution >= 4 is 5.82 Å². The molecular formula is C15H19N3O. The van der Waals surface area contributed by atoms with Gasteiger partial charge in [0.1, 0.15) is 5.69 Å². The minimum Gasteiger partial charge on any atom is -0.377 e. The third-order valence-corrected chi connectivity index (χ3v) is 3.09. The Hall–Kier alpha value is -1.94. The van der Waals surface area contributed by atoms with Gasteiger partial charge in [-0.1, -0.05) is 18.2 Å². The Morgan fingerprint density at radius 1 is 1.16 bits per heavy atom. The molecule has 0 saturated heterocycles. The maximum Gasteiger partial charge on any atom is 0.154 e. The van der Waals surface area contributed by atoms with Crippen LogP contribution in [0.5, 0.6) is 0 Å². The zero-order chi connectivity index (χ0) is 13.8. The van der Waals surface area contributed by atoms with E-state index in [0.29, 0.717) is 0 Å². The second kappa shape index (κ2) is 5.80. The Balaban J connectivity index is 2.48. The van der Waals surface area contributed by atoms with Gasteiger partial charge in [0, 0.05) is 39.2 Å².